The largest absolute Gasteiger partial charge is 0.494 e. The molecular formula is C79H60N12O. The van der Waals surface area contributed by atoms with Crippen LogP contribution < -0.4 is 19.4 Å². The predicted octanol–water partition coefficient (Wildman–Crippen LogP) is 18.9. The van der Waals surface area contributed by atoms with Crippen LogP contribution in [0.3, 0.4) is 0 Å². The van der Waals surface area contributed by atoms with Crippen LogP contribution in [0.4, 0.5) is 39.8 Å². The Morgan fingerprint density at radius 2 is 0.641 bits per heavy atom. The van der Waals surface area contributed by atoms with E-state index >= 15 is 0 Å². The SMILES string of the molecule is CN(c1ccccc1)c1ccc(-n2nc3c4ccccc4c4ccccc4c3n2)cc1.CN(c1ccccc1)c1ccc(-n2nc3ccc4ccccc4c3n2)cc1.COc1ccc2ccccc2c1-n1nc2ccc(N(c3ccccc3)c3ccccc3)cc2n1. The van der Waals surface area contributed by atoms with Crippen molar-refractivity contribution in [2.45, 2.75) is 0 Å². The van der Waals surface area contributed by atoms with E-state index in [2.05, 4.69) is 228 Å². The minimum atomic E-state index is 0.731. The molecule has 0 amide bonds. The Kier molecular flexibility index (Phi) is 15.0. The molecule has 14 aromatic carbocycles. The van der Waals surface area contributed by atoms with Crippen molar-refractivity contribution in [2.75, 3.05) is 35.9 Å². The Labute approximate surface area is 531 Å². The molecule has 0 aliphatic heterocycles. The van der Waals surface area contributed by atoms with Crippen LogP contribution in [0.2, 0.25) is 0 Å². The number of hydrogen-bond donors (Lipinski definition) is 0. The quantitative estimate of drug-likeness (QED) is 0.116. The van der Waals surface area contributed by atoms with Crippen molar-refractivity contribution in [3.63, 3.8) is 0 Å². The highest BCUT2D eigenvalue weighted by Gasteiger charge is 2.19. The lowest BCUT2D eigenvalue weighted by atomic mass is 10.0. The third kappa shape index (κ3) is 10.9. The highest BCUT2D eigenvalue weighted by Crippen LogP contribution is 2.38. The van der Waals surface area contributed by atoms with Crippen LogP contribution >= 0.6 is 0 Å². The van der Waals surface area contributed by atoms with Crippen LogP contribution in [0.15, 0.2) is 309 Å². The van der Waals surface area contributed by atoms with Crippen molar-refractivity contribution in [2.24, 2.45) is 0 Å². The standard InChI is InChI=1S/C29H22N4O.C27H20N4.C23H18N4/c1-34-28-19-16-21-10-8-9-15-25(21)29(28)33-30-26-18-17-24(20-27(26)31-33)32(22-11-4-2-5-12-22)23-13-6-3-7-14-23;1-30(19-9-3-2-4-10-19)20-15-17-21(18-16-20)31-28-26-24-13-7-5-11-22(24)23-12-6-8-14-25(23)27(26)29-31;1-26(18-8-3-2-4-9-18)19-12-14-20(15-13-19)27-24-22-16-11-17-7-5-6-10-21(17)23(22)25-27/h2-20H,1H3;2-18H,1H3;2-16H,1H3. The molecule has 3 aromatic heterocycles. The van der Waals surface area contributed by atoms with Crippen LogP contribution in [-0.4, -0.2) is 66.2 Å². The minimum Gasteiger partial charge on any atom is -0.494 e. The fourth-order valence-corrected chi connectivity index (χ4v) is 12.0. The zero-order chi connectivity index (χ0) is 61.9. The van der Waals surface area contributed by atoms with E-state index in [1.807, 2.05) is 115 Å². The second-order valence-corrected chi connectivity index (χ2v) is 22.3. The molecule has 0 aliphatic carbocycles. The minimum absolute atomic E-state index is 0.731. The van der Waals surface area contributed by atoms with Gasteiger partial charge in [0.2, 0.25) is 0 Å². The van der Waals surface area contributed by atoms with E-state index in [0.717, 1.165) is 123 Å². The summed E-state index contributed by atoms with van der Waals surface area (Å²) in [6.07, 6.45) is 0. The molecule has 0 fully saturated rings. The summed E-state index contributed by atoms with van der Waals surface area (Å²) in [5.41, 5.74) is 15.7. The number of rotatable bonds is 11. The van der Waals surface area contributed by atoms with Crippen molar-refractivity contribution in [3.05, 3.63) is 309 Å². The van der Waals surface area contributed by atoms with Crippen LogP contribution in [0, 0.1) is 0 Å². The van der Waals surface area contributed by atoms with E-state index < -0.39 is 0 Å². The summed E-state index contributed by atoms with van der Waals surface area (Å²) in [5, 5.41) is 38.0. The van der Waals surface area contributed by atoms with Gasteiger partial charge in [-0.1, -0.05) is 182 Å². The monoisotopic (exact) mass is 1190 g/mol. The zero-order valence-corrected chi connectivity index (χ0v) is 50.7. The first-order valence-electron chi connectivity index (χ1n) is 30.4. The van der Waals surface area contributed by atoms with Gasteiger partial charge >= 0.3 is 0 Å². The van der Waals surface area contributed by atoms with Crippen LogP contribution in [0.25, 0.3) is 93.3 Å². The van der Waals surface area contributed by atoms with Crippen molar-refractivity contribution >= 4 is 116 Å². The highest BCUT2D eigenvalue weighted by atomic mass is 16.5. The molecule has 13 heteroatoms. The molecule has 92 heavy (non-hydrogen) atoms. The van der Waals surface area contributed by atoms with Gasteiger partial charge in [0.05, 0.1) is 18.5 Å². The van der Waals surface area contributed by atoms with Gasteiger partial charge < -0.3 is 19.4 Å². The van der Waals surface area contributed by atoms with Crippen LogP contribution in [0.1, 0.15) is 0 Å². The predicted molar refractivity (Wildman–Crippen MR) is 377 cm³/mol. The summed E-state index contributed by atoms with van der Waals surface area (Å²) in [6.45, 7) is 0. The molecule has 0 N–H and O–H groups in total. The Bertz CT molecular complexity index is 5320. The Morgan fingerprint density at radius 1 is 0.272 bits per heavy atom. The second kappa shape index (κ2) is 24.6. The van der Waals surface area contributed by atoms with Gasteiger partial charge in [0, 0.05) is 75.5 Å². The van der Waals surface area contributed by atoms with Crippen molar-refractivity contribution in [3.8, 4) is 22.8 Å². The average molecular weight is 1190 g/mol. The van der Waals surface area contributed by atoms with E-state index in [4.69, 9.17) is 30.2 Å². The van der Waals surface area contributed by atoms with Crippen molar-refractivity contribution in [1.29, 1.82) is 0 Å². The second-order valence-electron chi connectivity index (χ2n) is 22.3. The lowest BCUT2D eigenvalue weighted by molar-refractivity contribution is 0.411. The van der Waals surface area contributed by atoms with Crippen molar-refractivity contribution in [1.82, 2.24) is 45.0 Å². The maximum absolute atomic E-state index is 5.67. The van der Waals surface area contributed by atoms with Gasteiger partial charge in [-0.3, -0.25) is 0 Å². The van der Waals surface area contributed by atoms with Gasteiger partial charge in [0.1, 0.15) is 44.5 Å². The van der Waals surface area contributed by atoms with Crippen LogP contribution in [0.5, 0.6) is 5.75 Å². The van der Waals surface area contributed by atoms with Crippen molar-refractivity contribution < 1.29 is 4.74 Å². The number of methoxy groups -OCH3 is 1. The van der Waals surface area contributed by atoms with Gasteiger partial charge in [-0.15, -0.1) is 35.4 Å². The molecule has 0 radical (unpaired) electrons. The normalized spacial score (nSPS) is 11.2. The highest BCUT2D eigenvalue weighted by molar-refractivity contribution is 6.23. The van der Waals surface area contributed by atoms with Crippen LogP contribution in [-0.2, 0) is 0 Å². The number of fused-ring (bicyclic) bond motifs is 11. The first kappa shape index (κ1) is 56.1. The number of para-hydroxylation sites is 4. The maximum Gasteiger partial charge on any atom is 0.147 e. The number of benzene rings is 14. The molecule has 0 saturated heterocycles. The van der Waals surface area contributed by atoms with E-state index in [1.54, 1.807) is 21.5 Å². The summed E-state index contributed by atoms with van der Waals surface area (Å²) in [7, 11) is 5.81. The van der Waals surface area contributed by atoms with Gasteiger partial charge in [0.15, 0.2) is 0 Å². The Hall–Kier alpha value is -12.5. The van der Waals surface area contributed by atoms with Gasteiger partial charge in [-0.05, 0) is 149 Å². The van der Waals surface area contributed by atoms with Gasteiger partial charge in [0.25, 0.3) is 0 Å². The number of hydrogen-bond acceptors (Lipinski definition) is 10. The molecule has 0 aliphatic rings. The van der Waals surface area contributed by atoms with Gasteiger partial charge in [-0.25, -0.2) is 0 Å². The topological polar surface area (TPSA) is 111 Å². The van der Waals surface area contributed by atoms with E-state index in [1.165, 1.54) is 16.2 Å². The number of ether oxygens (including phenoxy) is 1. The molecular weight excluding hydrogens is 1130 g/mol. The summed E-state index contributed by atoms with van der Waals surface area (Å²) in [6, 6.07) is 106. The molecule has 442 valence electrons. The summed E-state index contributed by atoms with van der Waals surface area (Å²) in [4.78, 5) is 11.7. The van der Waals surface area contributed by atoms with E-state index in [-0.39, 0.29) is 0 Å². The zero-order valence-electron chi connectivity index (χ0n) is 50.7. The molecule has 17 aromatic rings. The summed E-state index contributed by atoms with van der Waals surface area (Å²) in [5.74, 6) is 0.731. The number of nitrogens with zero attached hydrogens (tertiary/aromatic N) is 12. The summed E-state index contributed by atoms with van der Waals surface area (Å²) < 4.78 is 5.67. The Balaban J connectivity index is 0.000000115. The number of anilines is 7. The smallest absolute Gasteiger partial charge is 0.147 e. The Morgan fingerprint density at radius 3 is 1.16 bits per heavy atom. The molecule has 0 spiro atoms. The fraction of sp³-hybridized carbons (Fsp3) is 0.0380. The average Bonchev–Trinajstić information content (AvgIpc) is 1.55. The fourth-order valence-electron chi connectivity index (χ4n) is 12.0. The molecule has 17 rings (SSSR count). The molecule has 0 bridgehead atoms. The molecule has 0 unspecified atom stereocenters. The first-order valence-corrected chi connectivity index (χ1v) is 30.4. The molecule has 0 atom stereocenters. The first-order chi connectivity index (χ1) is 45.4. The third-order valence-corrected chi connectivity index (χ3v) is 16.7. The molecule has 13 nitrogen and oxygen atoms in total. The lowest BCUT2D eigenvalue weighted by Gasteiger charge is -2.25. The summed E-state index contributed by atoms with van der Waals surface area (Å²) >= 11 is 0. The maximum atomic E-state index is 5.67. The molecule has 0 saturated carbocycles. The van der Waals surface area contributed by atoms with E-state index in [9.17, 15) is 0 Å². The van der Waals surface area contributed by atoms with E-state index in [0.29, 0.717) is 0 Å². The third-order valence-electron chi connectivity index (χ3n) is 16.7. The lowest BCUT2D eigenvalue weighted by Crippen LogP contribution is -2.09. The van der Waals surface area contributed by atoms with Gasteiger partial charge in [-0.2, -0.15) is 9.59 Å². The molecule has 3 heterocycles. The number of aromatic nitrogens is 9.